The van der Waals surface area contributed by atoms with E-state index in [-0.39, 0.29) is 10.5 Å². The van der Waals surface area contributed by atoms with E-state index in [1.807, 2.05) is 36.4 Å². The Morgan fingerprint density at radius 1 is 0.939 bits per heavy atom. The van der Waals surface area contributed by atoms with Gasteiger partial charge in [-0.15, -0.1) is 0 Å². The van der Waals surface area contributed by atoms with E-state index in [0.717, 1.165) is 12.0 Å². The van der Waals surface area contributed by atoms with Crippen LogP contribution in [0, 0.1) is 0 Å². The SMILES string of the molecule is O=C(Nc1ccccc1OCCc1ccccc1)c1cccc(S(=O)(=O)N2CCOCC2)c1. The number of ether oxygens (including phenoxy) is 2. The standard InChI is InChI=1S/C25H26N2O5S/c28-25(21-9-6-10-22(19-21)33(29,30)27-14-17-31-18-15-27)26-23-11-4-5-12-24(23)32-16-13-20-7-2-1-3-8-20/h1-12,19H,13-18H2,(H,26,28). The topological polar surface area (TPSA) is 84.9 Å². The minimum absolute atomic E-state index is 0.0875. The van der Waals surface area contributed by atoms with Crippen molar-refractivity contribution in [1.82, 2.24) is 4.31 Å². The first kappa shape index (κ1) is 23.0. The van der Waals surface area contributed by atoms with Gasteiger partial charge in [0.25, 0.3) is 5.91 Å². The number of sulfonamides is 1. The zero-order valence-electron chi connectivity index (χ0n) is 18.1. The van der Waals surface area contributed by atoms with Crippen LogP contribution in [0.25, 0.3) is 0 Å². The fourth-order valence-corrected chi connectivity index (χ4v) is 5.00. The molecule has 172 valence electrons. The Bertz CT molecular complexity index is 1190. The van der Waals surface area contributed by atoms with Crippen molar-refractivity contribution >= 4 is 21.6 Å². The normalized spacial score (nSPS) is 14.5. The molecule has 0 atom stereocenters. The van der Waals surface area contributed by atoms with Crippen molar-refractivity contribution in [2.45, 2.75) is 11.3 Å². The van der Waals surface area contributed by atoms with Gasteiger partial charge in [0.1, 0.15) is 5.75 Å². The molecule has 1 fully saturated rings. The van der Waals surface area contributed by atoms with E-state index in [9.17, 15) is 13.2 Å². The Balaban J connectivity index is 1.45. The van der Waals surface area contributed by atoms with E-state index in [2.05, 4.69) is 5.32 Å². The van der Waals surface area contributed by atoms with Crippen molar-refractivity contribution in [2.75, 3.05) is 38.2 Å². The lowest BCUT2D eigenvalue weighted by atomic mass is 10.2. The number of carbonyl (C=O) groups is 1. The van der Waals surface area contributed by atoms with E-state index >= 15 is 0 Å². The number of carbonyl (C=O) groups excluding carboxylic acids is 1. The molecule has 0 spiro atoms. The van der Waals surface area contributed by atoms with Crippen LogP contribution in [0.15, 0.2) is 83.8 Å². The third kappa shape index (κ3) is 5.78. The van der Waals surface area contributed by atoms with Crippen LogP contribution in [-0.2, 0) is 21.2 Å². The number of para-hydroxylation sites is 2. The molecule has 1 aliphatic rings. The molecule has 1 heterocycles. The molecule has 3 aromatic carbocycles. The van der Waals surface area contributed by atoms with Gasteiger partial charge in [-0.1, -0.05) is 48.5 Å². The van der Waals surface area contributed by atoms with Gasteiger partial charge in [-0.05, 0) is 35.9 Å². The third-order valence-electron chi connectivity index (χ3n) is 5.33. The lowest BCUT2D eigenvalue weighted by Gasteiger charge is -2.26. The van der Waals surface area contributed by atoms with Gasteiger partial charge < -0.3 is 14.8 Å². The van der Waals surface area contributed by atoms with Gasteiger partial charge in [0.15, 0.2) is 0 Å². The number of morpholine rings is 1. The number of hydrogen-bond acceptors (Lipinski definition) is 5. The predicted octanol–water partition coefficient (Wildman–Crippen LogP) is 3.58. The minimum Gasteiger partial charge on any atom is -0.491 e. The van der Waals surface area contributed by atoms with Crippen LogP contribution < -0.4 is 10.1 Å². The van der Waals surface area contributed by atoms with Crippen molar-refractivity contribution in [2.24, 2.45) is 0 Å². The first-order valence-electron chi connectivity index (χ1n) is 10.8. The molecule has 4 rings (SSSR count). The van der Waals surface area contributed by atoms with Crippen molar-refractivity contribution in [3.8, 4) is 5.75 Å². The smallest absolute Gasteiger partial charge is 0.255 e. The van der Waals surface area contributed by atoms with Gasteiger partial charge in [0, 0.05) is 25.1 Å². The van der Waals surface area contributed by atoms with Crippen LogP contribution in [0.1, 0.15) is 15.9 Å². The molecule has 3 aromatic rings. The fourth-order valence-electron chi connectivity index (χ4n) is 3.55. The summed E-state index contributed by atoms with van der Waals surface area (Å²) >= 11 is 0. The summed E-state index contributed by atoms with van der Waals surface area (Å²) in [6.07, 6.45) is 0.741. The molecule has 7 nitrogen and oxygen atoms in total. The van der Waals surface area contributed by atoms with Gasteiger partial charge >= 0.3 is 0 Å². The number of rotatable bonds is 8. The molecule has 1 saturated heterocycles. The number of nitrogens with zero attached hydrogens (tertiary/aromatic N) is 1. The van der Waals surface area contributed by atoms with Crippen LogP contribution in [0.4, 0.5) is 5.69 Å². The number of amides is 1. The Morgan fingerprint density at radius 2 is 1.67 bits per heavy atom. The second-order valence-corrected chi connectivity index (χ2v) is 9.52. The van der Waals surface area contributed by atoms with Gasteiger partial charge in [-0.3, -0.25) is 4.79 Å². The Labute approximate surface area is 194 Å². The van der Waals surface area contributed by atoms with Crippen molar-refractivity contribution in [1.29, 1.82) is 0 Å². The summed E-state index contributed by atoms with van der Waals surface area (Å²) in [6, 6.07) is 23.3. The molecule has 8 heteroatoms. The maximum absolute atomic E-state index is 12.9. The van der Waals surface area contributed by atoms with E-state index in [1.54, 1.807) is 30.3 Å². The summed E-state index contributed by atoms with van der Waals surface area (Å²) in [5, 5.41) is 2.84. The lowest BCUT2D eigenvalue weighted by Crippen LogP contribution is -2.40. The fraction of sp³-hybridized carbons (Fsp3) is 0.240. The average molecular weight is 467 g/mol. The monoisotopic (exact) mass is 466 g/mol. The second kappa shape index (κ2) is 10.6. The van der Waals surface area contributed by atoms with E-state index in [0.29, 0.717) is 44.3 Å². The molecular weight excluding hydrogens is 440 g/mol. The molecule has 1 aliphatic heterocycles. The summed E-state index contributed by atoms with van der Waals surface area (Å²) in [5.41, 5.74) is 1.94. The molecule has 0 unspecified atom stereocenters. The van der Waals surface area contributed by atoms with Crippen molar-refractivity contribution < 1.29 is 22.7 Å². The molecule has 33 heavy (non-hydrogen) atoms. The molecule has 1 amide bonds. The molecule has 1 N–H and O–H groups in total. The van der Waals surface area contributed by atoms with Gasteiger partial charge in [0.05, 0.1) is 30.4 Å². The second-order valence-electron chi connectivity index (χ2n) is 7.58. The van der Waals surface area contributed by atoms with Crippen LogP contribution in [0.3, 0.4) is 0 Å². The zero-order valence-corrected chi connectivity index (χ0v) is 19.0. The highest BCUT2D eigenvalue weighted by Gasteiger charge is 2.27. The number of anilines is 1. The largest absolute Gasteiger partial charge is 0.491 e. The predicted molar refractivity (Wildman–Crippen MR) is 126 cm³/mol. The molecule has 0 saturated carbocycles. The Hall–Kier alpha value is -3.20. The van der Waals surface area contributed by atoms with Crippen LogP contribution in [0.2, 0.25) is 0 Å². The van der Waals surface area contributed by atoms with Gasteiger partial charge in [-0.2, -0.15) is 4.31 Å². The first-order valence-corrected chi connectivity index (χ1v) is 12.2. The number of nitrogens with one attached hydrogen (secondary N) is 1. The number of hydrogen-bond donors (Lipinski definition) is 1. The van der Waals surface area contributed by atoms with E-state index in [4.69, 9.17) is 9.47 Å². The average Bonchev–Trinajstić information content (AvgIpc) is 2.86. The Morgan fingerprint density at radius 3 is 2.45 bits per heavy atom. The maximum atomic E-state index is 12.9. The third-order valence-corrected chi connectivity index (χ3v) is 7.23. The molecule has 0 aliphatic carbocycles. The summed E-state index contributed by atoms with van der Waals surface area (Å²) in [5.74, 6) is 0.145. The first-order chi connectivity index (χ1) is 16.0. The van der Waals surface area contributed by atoms with Crippen LogP contribution in [-0.4, -0.2) is 51.5 Å². The molecular formula is C25H26N2O5S. The summed E-state index contributed by atoms with van der Waals surface area (Å²) in [7, 11) is -3.69. The highest BCUT2D eigenvalue weighted by atomic mass is 32.2. The number of benzene rings is 3. The zero-order chi connectivity index (χ0) is 23.1. The van der Waals surface area contributed by atoms with Crippen molar-refractivity contribution in [3.63, 3.8) is 0 Å². The van der Waals surface area contributed by atoms with E-state index < -0.39 is 15.9 Å². The quantitative estimate of drug-likeness (QED) is 0.549. The molecule has 0 aromatic heterocycles. The minimum atomic E-state index is -3.69. The van der Waals surface area contributed by atoms with E-state index in [1.165, 1.54) is 16.4 Å². The molecule has 0 bridgehead atoms. The maximum Gasteiger partial charge on any atom is 0.255 e. The summed E-state index contributed by atoms with van der Waals surface area (Å²) < 4.78 is 38.4. The highest BCUT2D eigenvalue weighted by Crippen LogP contribution is 2.25. The van der Waals surface area contributed by atoms with Gasteiger partial charge in [0.2, 0.25) is 10.0 Å². The highest BCUT2D eigenvalue weighted by molar-refractivity contribution is 7.89. The van der Waals surface area contributed by atoms with Crippen LogP contribution in [0.5, 0.6) is 5.75 Å². The van der Waals surface area contributed by atoms with Gasteiger partial charge in [-0.25, -0.2) is 8.42 Å². The molecule has 0 radical (unpaired) electrons. The summed E-state index contributed by atoms with van der Waals surface area (Å²) in [6.45, 7) is 1.78. The lowest BCUT2D eigenvalue weighted by molar-refractivity contribution is 0.0730. The van der Waals surface area contributed by atoms with Crippen molar-refractivity contribution in [3.05, 3.63) is 90.0 Å². The Kier molecular flexibility index (Phi) is 7.39. The van der Waals surface area contributed by atoms with Crippen LogP contribution >= 0.6 is 0 Å². The summed E-state index contributed by atoms with van der Waals surface area (Å²) in [4.78, 5) is 13.0.